The second kappa shape index (κ2) is 9.19. The summed E-state index contributed by atoms with van der Waals surface area (Å²) in [6.45, 7) is 13.1. The number of alkyl halides is 1. The summed E-state index contributed by atoms with van der Waals surface area (Å²) in [5.74, 6) is -1.96. The van der Waals surface area contributed by atoms with E-state index in [-0.39, 0.29) is 37.6 Å². The van der Waals surface area contributed by atoms with E-state index in [0.717, 1.165) is 5.56 Å². The number of halogens is 1. The van der Waals surface area contributed by atoms with Gasteiger partial charge < -0.3 is 15.5 Å². The topological polar surface area (TPSA) is 103 Å². The lowest BCUT2D eigenvalue weighted by atomic mass is 9.80. The number of para-hydroxylation sites is 1. The molecule has 1 saturated carbocycles. The van der Waals surface area contributed by atoms with Crippen LogP contribution >= 0.6 is 0 Å². The van der Waals surface area contributed by atoms with Crippen molar-refractivity contribution in [3.63, 3.8) is 0 Å². The van der Waals surface area contributed by atoms with Crippen molar-refractivity contribution in [2.24, 2.45) is 5.92 Å². The molecule has 10 heteroatoms. The lowest BCUT2D eigenvalue weighted by Gasteiger charge is -2.33. The maximum atomic E-state index is 14.1. The lowest BCUT2D eigenvalue weighted by molar-refractivity contribution is -0.147. The Bertz CT molecular complexity index is 1140. The minimum Gasteiger partial charge on any atom is -0.342 e. The third kappa shape index (κ3) is 4.31. The molecule has 2 heterocycles. The number of hydrogen-bond donors (Lipinski definition) is 2. The molecule has 3 aliphatic rings. The molecule has 36 heavy (non-hydrogen) atoms. The second-order valence-electron chi connectivity index (χ2n) is 10.6. The number of rotatable bonds is 7. The molecule has 0 bridgehead atoms. The molecule has 1 aliphatic carbocycles. The van der Waals surface area contributed by atoms with Crippen LogP contribution in [0.3, 0.4) is 0 Å². The number of nitrogens with one attached hydrogen (secondary N) is 2. The van der Waals surface area contributed by atoms with Gasteiger partial charge in [-0.15, -0.1) is 0 Å². The highest BCUT2D eigenvalue weighted by Crippen LogP contribution is 2.47. The summed E-state index contributed by atoms with van der Waals surface area (Å²) in [6, 6.07) is 5.35. The predicted molar refractivity (Wildman–Crippen MR) is 130 cm³/mol. The molecule has 1 aromatic carbocycles. The van der Waals surface area contributed by atoms with Crippen molar-refractivity contribution in [2.45, 2.75) is 75.8 Å². The molecular weight excluding hydrogens is 465 g/mol. The Hall–Kier alpha value is -3.48. The number of likely N-dealkylation sites (tertiary alicyclic amines) is 1. The number of hydrogen-bond acceptors (Lipinski definition) is 4. The first-order valence-corrected chi connectivity index (χ1v) is 12.3. The molecule has 0 aromatic heterocycles. The van der Waals surface area contributed by atoms with Gasteiger partial charge in [-0.2, -0.15) is 0 Å². The van der Waals surface area contributed by atoms with E-state index in [9.17, 15) is 23.6 Å². The quantitative estimate of drug-likeness (QED) is 0.564. The fourth-order valence-electron chi connectivity index (χ4n) is 5.20. The average molecular weight is 498 g/mol. The Kier molecular flexibility index (Phi) is 6.54. The largest absolute Gasteiger partial charge is 0.342 e. The molecule has 1 saturated heterocycles. The van der Waals surface area contributed by atoms with Crippen LogP contribution in [0.1, 0.15) is 52.0 Å². The number of nitrogens with zero attached hydrogens (tertiary/aromatic N) is 3. The van der Waals surface area contributed by atoms with Crippen LogP contribution in [0.2, 0.25) is 0 Å². The molecule has 2 fully saturated rings. The Morgan fingerprint density at radius 3 is 2.56 bits per heavy atom. The number of benzene rings is 1. The van der Waals surface area contributed by atoms with Gasteiger partial charge in [0.25, 0.3) is 11.8 Å². The third-order valence-corrected chi connectivity index (χ3v) is 7.50. The lowest BCUT2D eigenvalue weighted by Crippen LogP contribution is -2.56. The number of fused-ring (bicyclic) bond motifs is 2. The van der Waals surface area contributed by atoms with E-state index in [1.165, 1.54) is 23.8 Å². The van der Waals surface area contributed by atoms with E-state index in [0.29, 0.717) is 12.1 Å². The van der Waals surface area contributed by atoms with Gasteiger partial charge in [-0.3, -0.25) is 28.9 Å². The summed E-state index contributed by atoms with van der Waals surface area (Å²) in [4.78, 5) is 58.6. The Morgan fingerprint density at radius 2 is 1.94 bits per heavy atom. The van der Waals surface area contributed by atoms with Crippen LogP contribution in [0, 0.1) is 12.5 Å². The van der Waals surface area contributed by atoms with Crippen molar-refractivity contribution < 1.29 is 23.6 Å². The maximum Gasteiger partial charge on any atom is 0.302 e. The molecular formula is C26H32FN5O4. The number of amides is 4. The van der Waals surface area contributed by atoms with Crippen molar-refractivity contribution >= 4 is 29.3 Å². The van der Waals surface area contributed by atoms with E-state index >= 15 is 0 Å². The fraction of sp³-hybridized carbons (Fsp3) is 0.577. The van der Waals surface area contributed by atoms with E-state index in [2.05, 4.69) is 15.5 Å². The molecule has 2 N–H and O–H groups in total. The van der Waals surface area contributed by atoms with Gasteiger partial charge in [-0.1, -0.05) is 32.0 Å². The smallest absolute Gasteiger partial charge is 0.302 e. The van der Waals surface area contributed by atoms with Gasteiger partial charge in [0.15, 0.2) is 5.67 Å². The van der Waals surface area contributed by atoms with E-state index in [1.807, 2.05) is 32.0 Å². The monoisotopic (exact) mass is 497 g/mol. The molecule has 4 amide bonds. The summed E-state index contributed by atoms with van der Waals surface area (Å²) >= 11 is 0. The second-order valence-corrected chi connectivity index (χ2v) is 10.6. The molecule has 9 nitrogen and oxygen atoms in total. The van der Waals surface area contributed by atoms with Gasteiger partial charge in [-0.05, 0) is 43.7 Å². The zero-order chi connectivity index (χ0) is 26.4. The van der Waals surface area contributed by atoms with Gasteiger partial charge in [-0.25, -0.2) is 11.0 Å². The minimum atomic E-state index is -1.91. The minimum absolute atomic E-state index is 0.0367. The van der Waals surface area contributed by atoms with Crippen molar-refractivity contribution in [2.75, 3.05) is 18.9 Å². The summed E-state index contributed by atoms with van der Waals surface area (Å²) in [6.07, 6.45) is -0.0928. The predicted octanol–water partition coefficient (Wildman–Crippen LogP) is 2.23. The van der Waals surface area contributed by atoms with Crippen LogP contribution in [0.4, 0.5) is 10.1 Å². The number of carbonyl (C=O) groups is 4. The van der Waals surface area contributed by atoms with Gasteiger partial charge in [0, 0.05) is 19.3 Å². The van der Waals surface area contributed by atoms with Crippen molar-refractivity contribution in [3.05, 3.63) is 41.2 Å². The van der Waals surface area contributed by atoms with Crippen molar-refractivity contribution in [3.8, 4) is 0 Å². The molecule has 2 aliphatic heterocycles. The fourth-order valence-corrected chi connectivity index (χ4v) is 5.20. The standard InChI is InChI=1S/C26H32FN5O4/c1-15(2)12-19(31(5)21(33)16(3)29-24(36)26(27)10-11-26)22(34)32-14-25(13-20(32)28-4)17-8-6-7-9-18(17)30-23(25)35/h6-9,15-16,19-20H,10-14H2,1-3,5H3,(H,29,36)(H,30,35)/t16-,19-,20-,25-/m0/s1. The van der Waals surface area contributed by atoms with Crippen LogP contribution in [-0.4, -0.2) is 70.9 Å². The average Bonchev–Trinajstić information content (AvgIpc) is 3.38. The number of anilines is 1. The van der Waals surface area contributed by atoms with Gasteiger partial charge in [0.05, 0.1) is 6.42 Å². The summed E-state index contributed by atoms with van der Waals surface area (Å²) < 4.78 is 14.1. The third-order valence-electron chi connectivity index (χ3n) is 7.50. The first-order valence-electron chi connectivity index (χ1n) is 12.3. The molecule has 1 aromatic rings. The highest BCUT2D eigenvalue weighted by atomic mass is 19.1. The van der Waals surface area contributed by atoms with Crippen LogP contribution in [0.15, 0.2) is 24.3 Å². The van der Waals surface area contributed by atoms with E-state index in [4.69, 9.17) is 6.57 Å². The summed E-state index contributed by atoms with van der Waals surface area (Å²) in [7, 11) is 1.48. The summed E-state index contributed by atoms with van der Waals surface area (Å²) in [5.41, 5.74) is -1.49. The zero-order valence-electron chi connectivity index (χ0n) is 21.0. The van der Waals surface area contributed by atoms with Crippen molar-refractivity contribution in [1.82, 2.24) is 15.1 Å². The van der Waals surface area contributed by atoms with E-state index in [1.54, 1.807) is 6.07 Å². The zero-order valence-corrected chi connectivity index (χ0v) is 21.0. The molecule has 4 rings (SSSR count). The highest BCUT2D eigenvalue weighted by molar-refractivity contribution is 6.07. The maximum absolute atomic E-state index is 14.1. The van der Waals surface area contributed by atoms with Crippen LogP contribution in [0.5, 0.6) is 0 Å². The van der Waals surface area contributed by atoms with Crippen molar-refractivity contribution in [1.29, 1.82) is 0 Å². The molecule has 192 valence electrons. The molecule has 1 spiro atoms. The van der Waals surface area contributed by atoms with Crippen LogP contribution in [0.25, 0.3) is 4.85 Å². The normalized spacial score (nSPS) is 25.1. The summed E-state index contributed by atoms with van der Waals surface area (Å²) in [5, 5.41) is 5.30. The highest BCUT2D eigenvalue weighted by Gasteiger charge is 2.59. The first-order chi connectivity index (χ1) is 16.9. The SMILES string of the molecule is [C-]#[N+][C@@H]1C[C@@]2(CN1C(=O)[C@H](CC(C)C)N(C)C(=O)[C@H](C)NC(=O)C1(F)CC1)C(=O)Nc1ccccc12. The van der Waals surface area contributed by atoms with Gasteiger partial charge in [0.1, 0.15) is 17.5 Å². The molecule has 0 radical (unpaired) electrons. The molecule has 4 atom stereocenters. The Morgan fingerprint density at radius 1 is 1.28 bits per heavy atom. The number of likely N-dealkylation sites (N-methyl/N-ethyl adjacent to an activating group) is 1. The van der Waals surface area contributed by atoms with Crippen LogP contribution < -0.4 is 10.6 Å². The molecule has 0 unspecified atom stereocenters. The van der Waals surface area contributed by atoms with Gasteiger partial charge in [0.2, 0.25) is 11.8 Å². The van der Waals surface area contributed by atoms with Crippen LogP contribution in [-0.2, 0) is 24.6 Å². The number of carbonyl (C=O) groups excluding carboxylic acids is 4. The first kappa shape index (κ1) is 25.6. The Balaban J connectivity index is 1.57. The Labute approximate surface area is 210 Å². The van der Waals surface area contributed by atoms with Gasteiger partial charge >= 0.3 is 6.17 Å². The van der Waals surface area contributed by atoms with E-state index < -0.39 is 47.1 Å².